The largest absolute Gasteiger partial charge is 0.507 e. The summed E-state index contributed by atoms with van der Waals surface area (Å²) in [6.07, 6.45) is 1.77. The number of benzene rings is 1. The van der Waals surface area contributed by atoms with E-state index in [0.29, 0.717) is 42.4 Å². The van der Waals surface area contributed by atoms with Crippen LogP contribution in [-0.2, 0) is 11.3 Å². The van der Waals surface area contributed by atoms with Crippen molar-refractivity contribution in [3.8, 4) is 11.5 Å². The SMILES string of the molecule is CCN(CC)Cc1c(O)ccc2c1OC(=CN1CCOCC1)C2=O.Cl. The highest BCUT2D eigenvalue weighted by atomic mass is 35.5. The molecule has 1 fully saturated rings. The van der Waals surface area contributed by atoms with Crippen molar-refractivity contribution in [3.05, 3.63) is 35.2 Å². The van der Waals surface area contributed by atoms with E-state index in [4.69, 9.17) is 9.47 Å². The van der Waals surface area contributed by atoms with Gasteiger partial charge in [-0.2, -0.15) is 0 Å². The number of morpholine rings is 1. The molecule has 1 aromatic carbocycles. The van der Waals surface area contributed by atoms with Gasteiger partial charge in [-0.15, -0.1) is 12.4 Å². The van der Waals surface area contributed by atoms with Gasteiger partial charge in [0.05, 0.1) is 24.3 Å². The second-order valence-corrected chi connectivity index (χ2v) is 5.97. The molecule has 0 aromatic heterocycles. The van der Waals surface area contributed by atoms with Crippen LogP contribution in [0.15, 0.2) is 24.1 Å². The molecule has 138 valence electrons. The van der Waals surface area contributed by atoms with Crippen molar-refractivity contribution in [1.29, 1.82) is 0 Å². The number of carbonyl (C=O) groups excluding carboxylic acids is 1. The quantitative estimate of drug-likeness (QED) is 0.805. The standard InChI is InChI=1S/C18H24N2O4.ClH/c1-3-19(4-2)11-14-15(21)6-5-13-17(22)16(24-18(13)14)12-20-7-9-23-10-8-20;/h5-6,12,21H,3-4,7-11H2,1-2H3;1H. The number of hydrogen-bond acceptors (Lipinski definition) is 6. The van der Waals surface area contributed by atoms with Crippen LogP contribution in [0, 0.1) is 0 Å². The van der Waals surface area contributed by atoms with Crippen LogP contribution in [0.2, 0.25) is 0 Å². The molecule has 0 amide bonds. The Balaban J connectivity index is 0.00000225. The van der Waals surface area contributed by atoms with E-state index < -0.39 is 0 Å². The molecule has 0 bridgehead atoms. The summed E-state index contributed by atoms with van der Waals surface area (Å²) in [6, 6.07) is 3.22. The summed E-state index contributed by atoms with van der Waals surface area (Å²) in [6.45, 7) is 9.22. The van der Waals surface area contributed by atoms with Crippen molar-refractivity contribution >= 4 is 18.2 Å². The van der Waals surface area contributed by atoms with E-state index in [0.717, 1.165) is 26.2 Å². The predicted octanol–water partition coefficient (Wildman–Crippen LogP) is 2.40. The number of halogens is 1. The highest BCUT2D eigenvalue weighted by molar-refractivity contribution is 6.12. The van der Waals surface area contributed by atoms with E-state index in [1.54, 1.807) is 18.3 Å². The summed E-state index contributed by atoms with van der Waals surface area (Å²) in [4.78, 5) is 16.8. The average Bonchev–Trinajstić information content (AvgIpc) is 2.91. The number of ketones is 1. The highest BCUT2D eigenvalue weighted by Gasteiger charge is 2.32. The van der Waals surface area contributed by atoms with Crippen molar-refractivity contribution in [2.75, 3.05) is 39.4 Å². The number of carbonyl (C=O) groups is 1. The maximum Gasteiger partial charge on any atom is 0.233 e. The molecule has 3 rings (SSSR count). The van der Waals surface area contributed by atoms with Gasteiger partial charge in [-0.1, -0.05) is 13.8 Å². The van der Waals surface area contributed by atoms with Gasteiger partial charge >= 0.3 is 0 Å². The third kappa shape index (κ3) is 4.08. The van der Waals surface area contributed by atoms with Gasteiger partial charge in [0.2, 0.25) is 5.78 Å². The minimum atomic E-state index is -0.128. The van der Waals surface area contributed by atoms with Gasteiger partial charge in [0, 0.05) is 25.8 Å². The van der Waals surface area contributed by atoms with Gasteiger partial charge in [0.25, 0.3) is 0 Å². The molecule has 0 spiro atoms. The van der Waals surface area contributed by atoms with E-state index in [-0.39, 0.29) is 23.9 Å². The first-order valence-electron chi connectivity index (χ1n) is 8.47. The highest BCUT2D eigenvalue weighted by Crippen LogP contribution is 2.39. The van der Waals surface area contributed by atoms with Gasteiger partial charge in [-0.25, -0.2) is 0 Å². The lowest BCUT2D eigenvalue weighted by Crippen LogP contribution is -2.32. The van der Waals surface area contributed by atoms with Crippen molar-refractivity contribution < 1.29 is 19.4 Å². The number of phenolic OH excluding ortho intramolecular Hbond substituents is 1. The Bertz CT molecular complexity index is 653. The van der Waals surface area contributed by atoms with Crippen molar-refractivity contribution in [3.63, 3.8) is 0 Å². The summed E-state index contributed by atoms with van der Waals surface area (Å²) in [5.74, 6) is 0.850. The summed E-state index contributed by atoms with van der Waals surface area (Å²) in [5.41, 5.74) is 1.20. The summed E-state index contributed by atoms with van der Waals surface area (Å²) in [7, 11) is 0. The van der Waals surface area contributed by atoms with Crippen LogP contribution in [0.5, 0.6) is 11.5 Å². The smallest absolute Gasteiger partial charge is 0.233 e. The molecule has 25 heavy (non-hydrogen) atoms. The first kappa shape index (κ1) is 19.6. The maximum atomic E-state index is 12.6. The molecule has 0 saturated carbocycles. The van der Waals surface area contributed by atoms with E-state index in [1.165, 1.54) is 0 Å². The van der Waals surface area contributed by atoms with Crippen LogP contribution >= 0.6 is 12.4 Å². The van der Waals surface area contributed by atoms with E-state index in [2.05, 4.69) is 18.7 Å². The number of nitrogens with zero attached hydrogens (tertiary/aromatic N) is 2. The van der Waals surface area contributed by atoms with Crippen LogP contribution in [0.3, 0.4) is 0 Å². The van der Waals surface area contributed by atoms with Crippen LogP contribution in [0.1, 0.15) is 29.8 Å². The molecule has 2 aliphatic rings. The van der Waals surface area contributed by atoms with E-state index >= 15 is 0 Å². The molecule has 2 heterocycles. The minimum Gasteiger partial charge on any atom is -0.507 e. The molecule has 7 heteroatoms. The van der Waals surface area contributed by atoms with Gasteiger partial charge in [-0.3, -0.25) is 9.69 Å². The number of phenols is 1. The number of hydrogen-bond donors (Lipinski definition) is 1. The van der Waals surface area contributed by atoms with E-state index in [9.17, 15) is 9.90 Å². The molecule has 0 atom stereocenters. The Morgan fingerprint density at radius 1 is 1.24 bits per heavy atom. The van der Waals surface area contributed by atoms with Gasteiger partial charge in [-0.05, 0) is 25.2 Å². The van der Waals surface area contributed by atoms with Gasteiger partial charge in [0.1, 0.15) is 11.5 Å². The topological polar surface area (TPSA) is 62.2 Å². The van der Waals surface area contributed by atoms with Crippen LogP contribution in [0.4, 0.5) is 0 Å². The number of Topliss-reactive ketones (excluding diaryl/α,β-unsaturated/α-hetero) is 1. The third-order valence-corrected chi connectivity index (χ3v) is 4.54. The lowest BCUT2D eigenvalue weighted by atomic mass is 10.0. The summed E-state index contributed by atoms with van der Waals surface area (Å²) in [5, 5.41) is 10.2. The van der Waals surface area contributed by atoms with Crippen molar-refractivity contribution in [1.82, 2.24) is 9.80 Å². The molecular formula is C18H25ClN2O4. The first-order chi connectivity index (χ1) is 11.6. The maximum absolute atomic E-state index is 12.6. The molecule has 0 unspecified atom stereocenters. The fraction of sp³-hybridized carbons (Fsp3) is 0.500. The average molecular weight is 369 g/mol. The zero-order valence-electron chi connectivity index (χ0n) is 14.7. The van der Waals surface area contributed by atoms with Crippen LogP contribution in [-0.4, -0.2) is 60.1 Å². The second kappa shape index (κ2) is 8.56. The fourth-order valence-corrected chi connectivity index (χ4v) is 2.98. The van der Waals surface area contributed by atoms with Crippen molar-refractivity contribution in [2.24, 2.45) is 0 Å². The zero-order valence-corrected chi connectivity index (χ0v) is 15.5. The zero-order chi connectivity index (χ0) is 17.1. The molecule has 1 saturated heterocycles. The minimum absolute atomic E-state index is 0. The number of aromatic hydroxyl groups is 1. The summed E-state index contributed by atoms with van der Waals surface area (Å²) >= 11 is 0. The number of fused-ring (bicyclic) bond motifs is 1. The Kier molecular flexibility index (Phi) is 6.70. The molecule has 0 radical (unpaired) electrons. The Morgan fingerprint density at radius 2 is 1.92 bits per heavy atom. The second-order valence-electron chi connectivity index (χ2n) is 5.97. The van der Waals surface area contributed by atoms with Crippen LogP contribution in [0.25, 0.3) is 0 Å². The summed E-state index contributed by atoms with van der Waals surface area (Å²) < 4.78 is 11.2. The number of rotatable bonds is 5. The molecule has 2 aliphatic heterocycles. The van der Waals surface area contributed by atoms with E-state index in [1.807, 2.05) is 4.90 Å². The van der Waals surface area contributed by atoms with Gasteiger partial charge in [0.15, 0.2) is 5.76 Å². The Labute approximate surface area is 154 Å². The fourth-order valence-electron chi connectivity index (χ4n) is 2.98. The van der Waals surface area contributed by atoms with Gasteiger partial charge < -0.3 is 19.5 Å². The molecule has 0 aliphatic carbocycles. The Morgan fingerprint density at radius 3 is 2.56 bits per heavy atom. The van der Waals surface area contributed by atoms with Crippen LogP contribution < -0.4 is 4.74 Å². The first-order valence-corrected chi connectivity index (χ1v) is 8.47. The number of ether oxygens (including phenoxy) is 2. The molecule has 1 aromatic rings. The monoisotopic (exact) mass is 368 g/mol. The number of allylic oxidation sites excluding steroid dienone is 1. The Hall–Kier alpha value is -1.76. The molecule has 6 nitrogen and oxygen atoms in total. The third-order valence-electron chi connectivity index (χ3n) is 4.54. The molecule has 1 N–H and O–H groups in total. The lowest BCUT2D eigenvalue weighted by Gasteiger charge is -2.25. The predicted molar refractivity (Wildman–Crippen MR) is 97.4 cm³/mol. The normalized spacial score (nSPS) is 18.3. The molecular weight excluding hydrogens is 344 g/mol. The van der Waals surface area contributed by atoms with Crippen molar-refractivity contribution in [2.45, 2.75) is 20.4 Å². The lowest BCUT2D eigenvalue weighted by molar-refractivity contribution is 0.0577.